The van der Waals surface area contributed by atoms with Gasteiger partial charge in [-0.15, -0.1) is 0 Å². The Kier molecular flexibility index (Phi) is 3.71. The van der Waals surface area contributed by atoms with E-state index in [-0.39, 0.29) is 18.1 Å². The van der Waals surface area contributed by atoms with Gasteiger partial charge in [0, 0.05) is 15.2 Å². The normalized spacial score (nSPS) is 23.7. The van der Waals surface area contributed by atoms with Gasteiger partial charge in [0.05, 0.1) is 11.1 Å². The van der Waals surface area contributed by atoms with Crippen molar-refractivity contribution in [3.05, 3.63) is 32.4 Å². The van der Waals surface area contributed by atoms with E-state index in [4.69, 9.17) is 16.7 Å². The Balaban J connectivity index is 2.01. The Morgan fingerprint density at radius 2 is 2.19 bits per heavy atom. The van der Waals surface area contributed by atoms with Crippen LogP contribution < -0.4 is 5.32 Å². The highest BCUT2D eigenvalue weighted by Gasteiger charge is 2.28. The maximum Gasteiger partial charge on any atom is 0.251 e. The summed E-state index contributed by atoms with van der Waals surface area (Å²) in [5.74, 6) is -0.129. The van der Waals surface area contributed by atoms with Crippen LogP contribution in [0.4, 0.5) is 0 Å². The molecule has 1 aliphatic rings. The van der Waals surface area contributed by atoms with Crippen LogP contribution >= 0.6 is 34.2 Å². The molecule has 1 aromatic carbocycles. The molecule has 86 valence electrons. The van der Waals surface area contributed by atoms with E-state index in [9.17, 15) is 4.79 Å². The van der Waals surface area contributed by atoms with Crippen molar-refractivity contribution in [2.24, 2.45) is 0 Å². The number of aliphatic hydroxyl groups excluding tert-OH is 1. The molecule has 0 aliphatic heterocycles. The average molecular weight is 352 g/mol. The van der Waals surface area contributed by atoms with Crippen LogP contribution in [0.1, 0.15) is 23.2 Å². The number of carbonyl (C=O) groups excluding carboxylic acids is 1. The maximum absolute atomic E-state index is 11.8. The molecule has 0 radical (unpaired) electrons. The van der Waals surface area contributed by atoms with Crippen molar-refractivity contribution >= 4 is 40.1 Å². The molecule has 5 heteroatoms. The van der Waals surface area contributed by atoms with Crippen LogP contribution in [0.3, 0.4) is 0 Å². The third kappa shape index (κ3) is 2.67. The first-order valence-corrected chi connectivity index (χ1v) is 6.46. The second-order valence-electron chi connectivity index (χ2n) is 3.92. The number of halogens is 2. The number of aliphatic hydroxyl groups is 1. The molecule has 2 rings (SSSR count). The summed E-state index contributed by atoms with van der Waals surface area (Å²) < 4.78 is 0.926. The lowest BCUT2D eigenvalue weighted by Crippen LogP contribution is -2.46. The van der Waals surface area contributed by atoms with Gasteiger partial charge in [0.1, 0.15) is 0 Å². The number of benzene rings is 1. The lowest BCUT2D eigenvalue weighted by Gasteiger charge is -2.31. The minimum absolute atomic E-state index is 0.0977. The van der Waals surface area contributed by atoms with Gasteiger partial charge < -0.3 is 10.4 Å². The maximum atomic E-state index is 11.8. The Morgan fingerprint density at radius 3 is 2.75 bits per heavy atom. The molecule has 3 nitrogen and oxygen atoms in total. The average Bonchev–Trinajstić information content (AvgIpc) is 2.19. The fourth-order valence-electron chi connectivity index (χ4n) is 1.61. The summed E-state index contributed by atoms with van der Waals surface area (Å²) in [7, 11) is 0. The molecule has 0 unspecified atom stereocenters. The molecule has 1 saturated carbocycles. The summed E-state index contributed by atoms with van der Waals surface area (Å²) >= 11 is 8.05. The van der Waals surface area contributed by atoms with Crippen LogP contribution in [-0.2, 0) is 0 Å². The lowest BCUT2D eigenvalue weighted by molar-refractivity contribution is 0.0562. The number of hydrogen-bond donors (Lipinski definition) is 2. The lowest BCUT2D eigenvalue weighted by atomic mass is 9.89. The van der Waals surface area contributed by atoms with E-state index in [2.05, 4.69) is 27.9 Å². The number of nitrogens with one attached hydrogen (secondary N) is 1. The molecule has 1 fully saturated rings. The first kappa shape index (κ1) is 12.1. The summed E-state index contributed by atoms with van der Waals surface area (Å²) in [4.78, 5) is 11.8. The zero-order valence-corrected chi connectivity index (χ0v) is 11.3. The number of amides is 1. The van der Waals surface area contributed by atoms with Crippen molar-refractivity contribution in [2.45, 2.75) is 25.0 Å². The Hall–Kier alpha value is -0.330. The van der Waals surface area contributed by atoms with Crippen LogP contribution in [0, 0.1) is 3.57 Å². The van der Waals surface area contributed by atoms with E-state index in [1.165, 1.54) is 0 Å². The molecule has 1 amide bonds. The number of hydrogen-bond acceptors (Lipinski definition) is 2. The molecule has 0 spiro atoms. The minimum Gasteiger partial charge on any atom is -0.393 e. The monoisotopic (exact) mass is 351 g/mol. The third-order valence-corrected chi connectivity index (χ3v) is 4.20. The molecule has 2 N–H and O–H groups in total. The van der Waals surface area contributed by atoms with Gasteiger partial charge in [-0.05, 0) is 53.6 Å². The second kappa shape index (κ2) is 4.89. The van der Waals surface area contributed by atoms with Crippen LogP contribution in [0.5, 0.6) is 0 Å². The number of rotatable bonds is 2. The molecule has 1 aromatic rings. The van der Waals surface area contributed by atoms with Crippen molar-refractivity contribution in [2.75, 3.05) is 0 Å². The van der Waals surface area contributed by atoms with Gasteiger partial charge in [-0.2, -0.15) is 0 Å². The highest BCUT2D eigenvalue weighted by atomic mass is 127. The Labute approximate surface area is 112 Å². The quantitative estimate of drug-likeness (QED) is 0.803. The van der Waals surface area contributed by atoms with Crippen LogP contribution in [-0.4, -0.2) is 23.2 Å². The van der Waals surface area contributed by atoms with E-state index in [1.807, 2.05) is 6.07 Å². The molecule has 0 bridgehead atoms. The smallest absolute Gasteiger partial charge is 0.251 e. The van der Waals surface area contributed by atoms with Gasteiger partial charge in [0.15, 0.2) is 0 Å². The summed E-state index contributed by atoms with van der Waals surface area (Å²) in [5, 5.41) is 12.5. The van der Waals surface area contributed by atoms with E-state index in [0.717, 1.165) is 3.57 Å². The summed E-state index contributed by atoms with van der Waals surface area (Å²) in [6.07, 6.45) is 1.03. The second-order valence-corrected chi connectivity index (χ2v) is 5.49. The van der Waals surface area contributed by atoms with E-state index in [0.29, 0.717) is 23.4 Å². The SMILES string of the molecule is O=C(NC1CC(O)C1)c1ccc(I)c(Cl)c1. The zero-order chi connectivity index (χ0) is 11.7. The van der Waals surface area contributed by atoms with Crippen LogP contribution in [0.2, 0.25) is 5.02 Å². The highest BCUT2D eigenvalue weighted by molar-refractivity contribution is 14.1. The minimum atomic E-state index is -0.259. The topological polar surface area (TPSA) is 49.3 Å². The molecular weight excluding hydrogens is 340 g/mol. The van der Waals surface area contributed by atoms with Crippen molar-refractivity contribution in [3.8, 4) is 0 Å². The predicted molar refractivity (Wildman–Crippen MR) is 70.7 cm³/mol. The summed E-state index contributed by atoms with van der Waals surface area (Å²) in [5.41, 5.74) is 0.562. The molecule has 0 saturated heterocycles. The zero-order valence-electron chi connectivity index (χ0n) is 8.41. The highest BCUT2D eigenvalue weighted by Crippen LogP contribution is 2.22. The van der Waals surface area contributed by atoms with Crippen molar-refractivity contribution in [1.29, 1.82) is 0 Å². The van der Waals surface area contributed by atoms with Gasteiger partial charge in [-0.3, -0.25) is 4.79 Å². The Bertz CT molecular complexity index is 418. The molecular formula is C11H11ClINO2. The molecule has 0 atom stereocenters. The Morgan fingerprint density at radius 1 is 1.50 bits per heavy atom. The van der Waals surface area contributed by atoms with Gasteiger partial charge in [0.25, 0.3) is 5.91 Å². The largest absolute Gasteiger partial charge is 0.393 e. The van der Waals surface area contributed by atoms with E-state index < -0.39 is 0 Å². The van der Waals surface area contributed by atoms with Crippen molar-refractivity contribution in [3.63, 3.8) is 0 Å². The first-order chi connectivity index (χ1) is 7.56. The van der Waals surface area contributed by atoms with Crippen LogP contribution in [0.25, 0.3) is 0 Å². The van der Waals surface area contributed by atoms with E-state index in [1.54, 1.807) is 12.1 Å². The molecule has 16 heavy (non-hydrogen) atoms. The number of carbonyl (C=O) groups is 1. The predicted octanol–water partition coefficient (Wildman–Crippen LogP) is 2.20. The standard InChI is InChI=1S/C11H11ClINO2/c12-9-3-6(1-2-10(9)13)11(16)14-7-4-8(15)5-7/h1-3,7-8,15H,4-5H2,(H,14,16). The molecule has 1 aliphatic carbocycles. The van der Waals surface area contributed by atoms with Gasteiger partial charge in [-0.25, -0.2) is 0 Å². The van der Waals surface area contributed by atoms with Gasteiger partial charge in [-0.1, -0.05) is 11.6 Å². The molecule has 0 aromatic heterocycles. The van der Waals surface area contributed by atoms with Crippen molar-refractivity contribution in [1.82, 2.24) is 5.32 Å². The van der Waals surface area contributed by atoms with Gasteiger partial charge >= 0.3 is 0 Å². The van der Waals surface area contributed by atoms with Gasteiger partial charge in [0.2, 0.25) is 0 Å². The summed E-state index contributed by atoms with van der Waals surface area (Å²) in [6.45, 7) is 0. The first-order valence-electron chi connectivity index (χ1n) is 5.00. The third-order valence-electron chi connectivity index (χ3n) is 2.63. The van der Waals surface area contributed by atoms with Crippen LogP contribution in [0.15, 0.2) is 18.2 Å². The fourth-order valence-corrected chi connectivity index (χ4v) is 2.13. The fraction of sp³-hybridized carbons (Fsp3) is 0.364. The van der Waals surface area contributed by atoms with E-state index >= 15 is 0 Å². The summed E-state index contributed by atoms with van der Waals surface area (Å²) in [6, 6.07) is 5.32. The van der Waals surface area contributed by atoms with Crippen molar-refractivity contribution < 1.29 is 9.90 Å². The molecule has 0 heterocycles.